The Morgan fingerprint density at radius 1 is 1.38 bits per heavy atom. The molecule has 1 unspecified atom stereocenters. The van der Waals surface area contributed by atoms with Crippen LogP contribution in [0, 0.1) is 5.92 Å². The smallest absolute Gasteiger partial charge is 0.270 e. The third-order valence-corrected chi connectivity index (χ3v) is 4.48. The Morgan fingerprint density at radius 3 is 2.54 bits per heavy atom. The van der Waals surface area contributed by atoms with Crippen molar-refractivity contribution in [2.45, 2.75) is 32.7 Å². The summed E-state index contributed by atoms with van der Waals surface area (Å²) < 4.78 is 0.658. The van der Waals surface area contributed by atoms with Crippen molar-refractivity contribution >= 4 is 34.2 Å². The van der Waals surface area contributed by atoms with E-state index in [9.17, 15) is 4.79 Å². The average molecular weight is 416 g/mol. The van der Waals surface area contributed by atoms with Gasteiger partial charge in [-0.25, -0.2) is 0 Å². The summed E-state index contributed by atoms with van der Waals surface area (Å²) >= 11 is 3.48. The summed E-state index contributed by atoms with van der Waals surface area (Å²) in [6.07, 6.45) is 0.812. The molecule has 2 aromatic rings. The molecule has 0 saturated heterocycles. The summed E-state index contributed by atoms with van der Waals surface area (Å²) in [5.74, 6) is 0.231. The maximum Gasteiger partial charge on any atom is 0.270 e. The number of aromatic nitrogens is 2. The molecular formula is C17H24BrClN4O. The third kappa shape index (κ3) is 4.82. The Bertz CT molecular complexity index is 674. The first kappa shape index (κ1) is 20.7. The summed E-state index contributed by atoms with van der Waals surface area (Å²) in [7, 11) is 0. The molecule has 24 heavy (non-hydrogen) atoms. The predicted molar refractivity (Wildman–Crippen MR) is 103 cm³/mol. The van der Waals surface area contributed by atoms with Crippen LogP contribution in [0.4, 0.5) is 0 Å². The number of halogens is 2. The summed E-state index contributed by atoms with van der Waals surface area (Å²) in [4.78, 5) is 12.6. The zero-order valence-electron chi connectivity index (χ0n) is 14.1. The first-order chi connectivity index (χ1) is 10.9. The standard InChI is InChI=1S/C17H23BrN4O.ClH/c1-11(2)9-17(3,10-19)20-16(23)15-13(18)14(21-22-15)12-7-5-4-6-8-12;/h4-8,11H,9-10,19H2,1-3H3,(H,20,23)(H,21,22);1H. The second-order valence-electron chi connectivity index (χ2n) is 6.44. The number of nitrogens with one attached hydrogen (secondary N) is 2. The van der Waals surface area contributed by atoms with E-state index in [2.05, 4.69) is 45.3 Å². The third-order valence-electron chi connectivity index (χ3n) is 3.71. The van der Waals surface area contributed by atoms with Gasteiger partial charge < -0.3 is 11.1 Å². The monoisotopic (exact) mass is 414 g/mol. The fraction of sp³-hybridized carbons (Fsp3) is 0.412. The number of nitrogens with two attached hydrogens (primary N) is 1. The quantitative estimate of drug-likeness (QED) is 0.671. The van der Waals surface area contributed by atoms with Crippen molar-refractivity contribution in [2.75, 3.05) is 6.54 Å². The molecule has 1 aromatic carbocycles. The van der Waals surface area contributed by atoms with Crippen molar-refractivity contribution in [1.29, 1.82) is 0 Å². The van der Waals surface area contributed by atoms with E-state index in [1.165, 1.54) is 0 Å². The lowest BCUT2D eigenvalue weighted by atomic mass is 9.90. The minimum Gasteiger partial charge on any atom is -0.344 e. The summed E-state index contributed by atoms with van der Waals surface area (Å²) in [5, 5.41) is 10.1. The molecule has 0 bridgehead atoms. The second-order valence-corrected chi connectivity index (χ2v) is 7.24. The van der Waals surface area contributed by atoms with Crippen LogP contribution < -0.4 is 11.1 Å². The van der Waals surface area contributed by atoms with Gasteiger partial charge >= 0.3 is 0 Å². The number of aromatic amines is 1. The van der Waals surface area contributed by atoms with Crippen LogP contribution in [0.25, 0.3) is 11.3 Å². The lowest BCUT2D eigenvalue weighted by Gasteiger charge is -2.31. The number of hydrogen-bond acceptors (Lipinski definition) is 3. The number of nitrogens with zero attached hydrogens (tertiary/aromatic N) is 1. The molecule has 2 rings (SSSR count). The van der Waals surface area contributed by atoms with Gasteiger partial charge in [-0.15, -0.1) is 12.4 Å². The lowest BCUT2D eigenvalue weighted by Crippen LogP contribution is -2.52. The molecule has 1 heterocycles. The molecule has 1 amide bonds. The highest BCUT2D eigenvalue weighted by Gasteiger charge is 2.28. The molecule has 132 valence electrons. The molecule has 1 atom stereocenters. The van der Waals surface area contributed by atoms with E-state index < -0.39 is 5.54 Å². The fourth-order valence-electron chi connectivity index (χ4n) is 2.69. The van der Waals surface area contributed by atoms with Gasteiger partial charge in [0, 0.05) is 12.1 Å². The van der Waals surface area contributed by atoms with Crippen molar-refractivity contribution in [3.8, 4) is 11.3 Å². The van der Waals surface area contributed by atoms with Crippen LogP contribution in [0.2, 0.25) is 0 Å². The first-order valence-corrected chi connectivity index (χ1v) is 8.47. The van der Waals surface area contributed by atoms with Crippen molar-refractivity contribution in [1.82, 2.24) is 15.5 Å². The summed E-state index contributed by atoms with van der Waals surface area (Å²) in [6.45, 7) is 6.57. The molecule has 1 aromatic heterocycles. The van der Waals surface area contributed by atoms with Crippen molar-refractivity contribution in [3.63, 3.8) is 0 Å². The highest BCUT2D eigenvalue weighted by Crippen LogP contribution is 2.29. The maximum atomic E-state index is 12.6. The highest BCUT2D eigenvalue weighted by atomic mass is 79.9. The molecule has 0 saturated carbocycles. The Hall–Kier alpha value is -1.37. The molecule has 0 fully saturated rings. The summed E-state index contributed by atoms with van der Waals surface area (Å²) in [5.41, 5.74) is 7.49. The van der Waals surface area contributed by atoms with Gasteiger partial charge in [0.1, 0.15) is 11.4 Å². The van der Waals surface area contributed by atoms with Crippen LogP contribution in [0.1, 0.15) is 37.7 Å². The van der Waals surface area contributed by atoms with Crippen LogP contribution in [0.3, 0.4) is 0 Å². The van der Waals surface area contributed by atoms with E-state index in [4.69, 9.17) is 5.73 Å². The van der Waals surface area contributed by atoms with Crippen LogP contribution in [0.5, 0.6) is 0 Å². The zero-order chi connectivity index (χ0) is 17.0. The molecule has 0 radical (unpaired) electrons. The average Bonchev–Trinajstić information content (AvgIpc) is 2.89. The SMILES string of the molecule is CC(C)CC(C)(CN)NC(=O)c1[nH]nc(-c2ccccc2)c1Br.Cl. The van der Waals surface area contributed by atoms with E-state index in [-0.39, 0.29) is 18.3 Å². The Kier molecular flexibility index (Phi) is 7.45. The van der Waals surface area contributed by atoms with Crippen LogP contribution in [-0.2, 0) is 0 Å². The molecule has 0 aliphatic rings. The van der Waals surface area contributed by atoms with E-state index in [1.54, 1.807) is 0 Å². The topological polar surface area (TPSA) is 83.8 Å². The Morgan fingerprint density at radius 2 is 2.00 bits per heavy atom. The summed E-state index contributed by atoms with van der Waals surface area (Å²) in [6, 6.07) is 9.71. The predicted octanol–water partition coefficient (Wildman–Crippen LogP) is 3.75. The molecule has 0 aliphatic carbocycles. The molecule has 5 nitrogen and oxygen atoms in total. The number of rotatable bonds is 6. The Balaban J connectivity index is 0.00000288. The number of hydrogen-bond donors (Lipinski definition) is 3. The first-order valence-electron chi connectivity index (χ1n) is 7.68. The number of carbonyl (C=O) groups excluding carboxylic acids is 1. The Labute approximate surface area is 157 Å². The molecule has 0 aliphatic heterocycles. The minimum absolute atomic E-state index is 0. The van der Waals surface area contributed by atoms with Crippen LogP contribution in [0.15, 0.2) is 34.8 Å². The highest BCUT2D eigenvalue weighted by molar-refractivity contribution is 9.10. The molecule has 7 heteroatoms. The number of H-pyrrole nitrogens is 1. The molecular weight excluding hydrogens is 392 g/mol. The zero-order valence-corrected chi connectivity index (χ0v) is 16.5. The van der Waals surface area contributed by atoms with Crippen molar-refractivity contribution in [3.05, 3.63) is 40.5 Å². The minimum atomic E-state index is -0.442. The van der Waals surface area contributed by atoms with Crippen LogP contribution >= 0.6 is 28.3 Å². The van der Waals surface area contributed by atoms with Gasteiger partial charge in [0.15, 0.2) is 0 Å². The lowest BCUT2D eigenvalue weighted by molar-refractivity contribution is 0.0892. The fourth-order valence-corrected chi connectivity index (χ4v) is 3.28. The van der Waals surface area contributed by atoms with Gasteiger partial charge in [-0.3, -0.25) is 9.89 Å². The van der Waals surface area contributed by atoms with Gasteiger partial charge in [-0.1, -0.05) is 44.2 Å². The maximum absolute atomic E-state index is 12.6. The van der Waals surface area contributed by atoms with Gasteiger partial charge in [0.2, 0.25) is 0 Å². The number of benzene rings is 1. The van der Waals surface area contributed by atoms with Crippen LogP contribution in [-0.4, -0.2) is 28.2 Å². The van der Waals surface area contributed by atoms with Gasteiger partial charge in [-0.2, -0.15) is 5.10 Å². The largest absolute Gasteiger partial charge is 0.344 e. The van der Waals surface area contributed by atoms with E-state index in [0.717, 1.165) is 12.0 Å². The second kappa shape index (κ2) is 8.65. The van der Waals surface area contributed by atoms with Crippen molar-refractivity contribution < 1.29 is 4.79 Å². The molecule has 4 N–H and O–H groups in total. The van der Waals surface area contributed by atoms with E-state index >= 15 is 0 Å². The number of amides is 1. The van der Waals surface area contributed by atoms with Gasteiger partial charge in [0.05, 0.1) is 10.0 Å². The normalized spacial score (nSPS) is 13.2. The van der Waals surface area contributed by atoms with Gasteiger partial charge in [-0.05, 0) is 35.2 Å². The van der Waals surface area contributed by atoms with Crippen molar-refractivity contribution in [2.24, 2.45) is 11.7 Å². The molecule has 0 spiro atoms. The van der Waals surface area contributed by atoms with E-state index in [0.29, 0.717) is 28.3 Å². The van der Waals surface area contributed by atoms with Gasteiger partial charge in [0.25, 0.3) is 5.91 Å². The van der Waals surface area contributed by atoms with E-state index in [1.807, 2.05) is 37.3 Å². The number of carbonyl (C=O) groups is 1.